The third-order valence-electron chi connectivity index (χ3n) is 2.89. The number of nitrogens with zero attached hydrogens (tertiary/aromatic N) is 1. The van der Waals surface area contributed by atoms with Gasteiger partial charge in [-0.15, -0.1) is 0 Å². The maximum atomic E-state index is 11.9. The van der Waals surface area contributed by atoms with Crippen molar-refractivity contribution >= 4 is 5.91 Å². The molecule has 0 bridgehead atoms. The Morgan fingerprint density at radius 2 is 2.13 bits per heavy atom. The second-order valence-corrected chi connectivity index (χ2v) is 5.07. The minimum absolute atomic E-state index is 0.258. The lowest BCUT2D eigenvalue weighted by Gasteiger charge is -2.26. The Labute approximate surface area is 92.5 Å². The van der Waals surface area contributed by atoms with Crippen molar-refractivity contribution in [1.29, 1.82) is 0 Å². The maximum absolute atomic E-state index is 11.9. The van der Waals surface area contributed by atoms with Crippen molar-refractivity contribution in [2.24, 2.45) is 5.92 Å². The Hall–Kier alpha value is -0.570. The summed E-state index contributed by atoms with van der Waals surface area (Å²) >= 11 is 0. The van der Waals surface area contributed by atoms with E-state index in [1.165, 1.54) is 0 Å². The molecule has 1 aliphatic rings. The highest BCUT2D eigenvalue weighted by atomic mass is 16.3. The average Bonchev–Trinajstić information content (AvgIpc) is 2.49. The van der Waals surface area contributed by atoms with Gasteiger partial charge in [0.2, 0.25) is 5.91 Å². The summed E-state index contributed by atoms with van der Waals surface area (Å²) in [5.41, 5.74) is 0. The molecule has 2 atom stereocenters. The Bertz CT molecular complexity index is 214. The molecule has 1 aliphatic heterocycles. The largest absolute Gasteiger partial charge is 0.393 e. The first kappa shape index (κ1) is 12.5. The fourth-order valence-electron chi connectivity index (χ4n) is 2.27. The summed E-state index contributed by atoms with van der Waals surface area (Å²) in [6, 6.07) is 0.274. The Kier molecular flexibility index (Phi) is 4.58. The molecule has 1 heterocycles. The van der Waals surface area contributed by atoms with Gasteiger partial charge in [-0.05, 0) is 32.1 Å². The van der Waals surface area contributed by atoms with E-state index in [-0.39, 0.29) is 18.1 Å². The number of rotatable bonds is 4. The number of carbonyl (C=O) groups excluding carboxylic acids is 1. The molecule has 0 spiro atoms. The van der Waals surface area contributed by atoms with Crippen LogP contribution in [-0.4, -0.2) is 34.6 Å². The maximum Gasteiger partial charge on any atom is 0.223 e. The molecule has 1 amide bonds. The van der Waals surface area contributed by atoms with Gasteiger partial charge in [-0.1, -0.05) is 13.8 Å². The van der Waals surface area contributed by atoms with E-state index >= 15 is 0 Å². The molecule has 15 heavy (non-hydrogen) atoms. The van der Waals surface area contributed by atoms with Gasteiger partial charge in [-0.3, -0.25) is 4.79 Å². The summed E-state index contributed by atoms with van der Waals surface area (Å²) < 4.78 is 0. The predicted molar refractivity (Wildman–Crippen MR) is 60.5 cm³/mol. The number of hydrogen-bond acceptors (Lipinski definition) is 2. The highest BCUT2D eigenvalue weighted by Gasteiger charge is 2.29. The second-order valence-electron chi connectivity index (χ2n) is 5.07. The molecule has 2 unspecified atom stereocenters. The van der Waals surface area contributed by atoms with Gasteiger partial charge in [-0.25, -0.2) is 0 Å². The van der Waals surface area contributed by atoms with E-state index in [0.717, 1.165) is 25.8 Å². The van der Waals surface area contributed by atoms with Crippen LogP contribution in [0, 0.1) is 5.92 Å². The van der Waals surface area contributed by atoms with Gasteiger partial charge in [0, 0.05) is 19.0 Å². The van der Waals surface area contributed by atoms with Crippen LogP contribution in [0.1, 0.15) is 46.5 Å². The molecule has 1 N–H and O–H groups in total. The van der Waals surface area contributed by atoms with Crippen molar-refractivity contribution in [2.45, 2.75) is 58.6 Å². The minimum Gasteiger partial charge on any atom is -0.393 e. The second kappa shape index (κ2) is 5.50. The van der Waals surface area contributed by atoms with Crippen molar-refractivity contribution in [3.63, 3.8) is 0 Å². The Morgan fingerprint density at radius 1 is 1.47 bits per heavy atom. The number of likely N-dealkylation sites (tertiary alicyclic amines) is 1. The number of aliphatic hydroxyl groups is 1. The molecule has 1 saturated heterocycles. The average molecular weight is 213 g/mol. The van der Waals surface area contributed by atoms with Crippen LogP contribution in [0.4, 0.5) is 0 Å². The number of amides is 1. The van der Waals surface area contributed by atoms with Gasteiger partial charge < -0.3 is 10.0 Å². The molecule has 1 rings (SSSR count). The van der Waals surface area contributed by atoms with E-state index in [9.17, 15) is 9.90 Å². The molecule has 0 aromatic carbocycles. The number of carbonyl (C=O) groups is 1. The highest BCUT2D eigenvalue weighted by Crippen LogP contribution is 2.23. The van der Waals surface area contributed by atoms with Crippen molar-refractivity contribution in [3.05, 3.63) is 0 Å². The summed E-state index contributed by atoms with van der Waals surface area (Å²) in [7, 11) is 0. The summed E-state index contributed by atoms with van der Waals surface area (Å²) in [5.74, 6) is 0.679. The van der Waals surface area contributed by atoms with Crippen LogP contribution < -0.4 is 0 Å². The zero-order chi connectivity index (χ0) is 11.4. The molecule has 88 valence electrons. The van der Waals surface area contributed by atoms with Crippen LogP contribution in [0.15, 0.2) is 0 Å². The van der Waals surface area contributed by atoms with Crippen LogP contribution in [-0.2, 0) is 4.79 Å². The zero-order valence-electron chi connectivity index (χ0n) is 10.1. The van der Waals surface area contributed by atoms with Crippen LogP contribution in [0.3, 0.4) is 0 Å². The standard InChI is InChI=1S/C12H23NO2/c1-9(2)7-12(15)13-6-4-5-11(13)8-10(3)14/h9-11,14H,4-8H2,1-3H3. The molecule has 0 saturated carbocycles. The van der Waals surface area contributed by atoms with Gasteiger partial charge in [0.15, 0.2) is 0 Å². The van der Waals surface area contributed by atoms with E-state index in [2.05, 4.69) is 13.8 Å². The van der Waals surface area contributed by atoms with Crippen molar-refractivity contribution in [1.82, 2.24) is 4.90 Å². The van der Waals surface area contributed by atoms with Gasteiger partial charge in [-0.2, -0.15) is 0 Å². The zero-order valence-corrected chi connectivity index (χ0v) is 10.1. The molecular formula is C12H23NO2. The number of aliphatic hydroxyl groups excluding tert-OH is 1. The molecular weight excluding hydrogens is 190 g/mol. The highest BCUT2D eigenvalue weighted by molar-refractivity contribution is 5.77. The summed E-state index contributed by atoms with van der Waals surface area (Å²) in [6.07, 6.45) is 3.19. The van der Waals surface area contributed by atoms with Crippen molar-refractivity contribution in [3.8, 4) is 0 Å². The first-order valence-corrected chi connectivity index (χ1v) is 5.98. The molecule has 0 aliphatic carbocycles. The van der Waals surface area contributed by atoms with Crippen molar-refractivity contribution in [2.75, 3.05) is 6.54 Å². The monoisotopic (exact) mass is 213 g/mol. The lowest BCUT2D eigenvalue weighted by molar-refractivity contribution is -0.133. The predicted octanol–water partition coefficient (Wildman–Crippen LogP) is 1.79. The third kappa shape index (κ3) is 3.82. The van der Waals surface area contributed by atoms with Gasteiger partial charge >= 0.3 is 0 Å². The van der Waals surface area contributed by atoms with Gasteiger partial charge in [0.05, 0.1) is 6.10 Å². The summed E-state index contributed by atoms with van der Waals surface area (Å²) in [5, 5.41) is 9.36. The first-order valence-electron chi connectivity index (χ1n) is 5.98. The molecule has 3 heteroatoms. The molecule has 0 aromatic heterocycles. The van der Waals surface area contributed by atoms with Crippen LogP contribution >= 0.6 is 0 Å². The topological polar surface area (TPSA) is 40.5 Å². The Morgan fingerprint density at radius 3 is 2.67 bits per heavy atom. The molecule has 0 radical (unpaired) electrons. The first-order chi connectivity index (χ1) is 7.00. The summed E-state index contributed by atoms with van der Waals surface area (Å²) in [6.45, 7) is 6.81. The van der Waals surface area contributed by atoms with Crippen molar-refractivity contribution < 1.29 is 9.90 Å². The smallest absolute Gasteiger partial charge is 0.223 e. The van der Waals surface area contributed by atoms with E-state index < -0.39 is 0 Å². The van der Waals surface area contributed by atoms with Crippen LogP contribution in [0.25, 0.3) is 0 Å². The number of hydrogen-bond donors (Lipinski definition) is 1. The SMILES string of the molecule is CC(C)CC(=O)N1CCCC1CC(C)O. The molecule has 0 aromatic rings. The normalized spacial score (nSPS) is 23.5. The lowest BCUT2D eigenvalue weighted by Crippen LogP contribution is -2.37. The van der Waals surface area contributed by atoms with E-state index in [0.29, 0.717) is 12.3 Å². The summed E-state index contributed by atoms with van der Waals surface area (Å²) in [4.78, 5) is 13.9. The van der Waals surface area contributed by atoms with Crippen LogP contribution in [0.2, 0.25) is 0 Å². The van der Waals surface area contributed by atoms with E-state index in [1.54, 1.807) is 6.92 Å². The van der Waals surface area contributed by atoms with Gasteiger partial charge in [0.1, 0.15) is 0 Å². The molecule has 3 nitrogen and oxygen atoms in total. The van der Waals surface area contributed by atoms with E-state index in [4.69, 9.17) is 0 Å². The fraction of sp³-hybridized carbons (Fsp3) is 0.917. The lowest BCUT2D eigenvalue weighted by atomic mass is 10.1. The third-order valence-corrected chi connectivity index (χ3v) is 2.89. The van der Waals surface area contributed by atoms with E-state index in [1.807, 2.05) is 4.90 Å². The quantitative estimate of drug-likeness (QED) is 0.773. The van der Waals surface area contributed by atoms with Gasteiger partial charge in [0.25, 0.3) is 0 Å². The molecule has 1 fully saturated rings. The fourth-order valence-corrected chi connectivity index (χ4v) is 2.27. The van der Waals surface area contributed by atoms with Crippen LogP contribution in [0.5, 0.6) is 0 Å². The Balaban J connectivity index is 2.48. The minimum atomic E-state index is -0.303.